The van der Waals surface area contributed by atoms with Crippen molar-refractivity contribution in [1.29, 1.82) is 0 Å². The van der Waals surface area contributed by atoms with Crippen LogP contribution in [0.2, 0.25) is 0 Å². The molecule has 0 heterocycles. The molecular formula is C7H18Cl2N2OS. The van der Waals surface area contributed by atoms with Crippen LogP contribution < -0.4 is 5.73 Å². The summed E-state index contributed by atoms with van der Waals surface area (Å²) in [6.45, 7) is 1.41. The lowest BCUT2D eigenvalue weighted by Gasteiger charge is -2.07. The van der Waals surface area contributed by atoms with Gasteiger partial charge in [-0.3, -0.25) is 4.79 Å². The summed E-state index contributed by atoms with van der Waals surface area (Å²) in [6.07, 6.45) is 0.623. The van der Waals surface area contributed by atoms with Crippen molar-refractivity contribution in [3.8, 4) is 0 Å². The summed E-state index contributed by atoms with van der Waals surface area (Å²) in [5, 5.41) is 0.240. The molecule has 0 unspecified atom stereocenters. The zero-order valence-electron chi connectivity index (χ0n) is 7.99. The Kier molecular flexibility index (Phi) is 18.4. The molecule has 0 spiro atoms. The SMILES string of the molecule is CN(C)CCC(=O)SCCN.Cl.Cl. The molecule has 0 atom stereocenters. The fraction of sp³-hybridized carbons (Fsp3) is 0.857. The molecule has 0 fully saturated rings. The number of halogens is 2. The lowest BCUT2D eigenvalue weighted by molar-refractivity contribution is -0.111. The maximum absolute atomic E-state index is 11.0. The van der Waals surface area contributed by atoms with Crippen LogP contribution in [-0.2, 0) is 4.79 Å². The molecule has 0 aliphatic carbocycles. The Hall–Kier alpha value is 0.520. The normalized spacial score (nSPS) is 8.92. The van der Waals surface area contributed by atoms with Gasteiger partial charge >= 0.3 is 0 Å². The van der Waals surface area contributed by atoms with E-state index in [9.17, 15) is 4.79 Å². The highest BCUT2D eigenvalue weighted by atomic mass is 35.5. The van der Waals surface area contributed by atoms with Crippen LogP contribution in [-0.4, -0.2) is 43.0 Å². The van der Waals surface area contributed by atoms with Crippen LogP contribution in [0.3, 0.4) is 0 Å². The number of hydrogen-bond acceptors (Lipinski definition) is 4. The van der Waals surface area contributed by atoms with Gasteiger partial charge in [-0.2, -0.15) is 0 Å². The molecule has 0 radical (unpaired) electrons. The monoisotopic (exact) mass is 248 g/mol. The molecule has 0 aromatic heterocycles. The molecule has 0 saturated carbocycles. The van der Waals surface area contributed by atoms with Crippen LogP contribution in [0.25, 0.3) is 0 Å². The van der Waals surface area contributed by atoms with Gasteiger partial charge < -0.3 is 10.6 Å². The lowest BCUT2D eigenvalue weighted by atomic mass is 10.4. The average molecular weight is 249 g/mol. The van der Waals surface area contributed by atoms with E-state index in [2.05, 4.69) is 0 Å². The predicted molar refractivity (Wildman–Crippen MR) is 64.2 cm³/mol. The number of rotatable bonds is 5. The molecule has 13 heavy (non-hydrogen) atoms. The first-order chi connectivity index (χ1) is 5.16. The third-order valence-corrected chi connectivity index (χ3v) is 2.11. The van der Waals surface area contributed by atoms with Crippen molar-refractivity contribution in [3.63, 3.8) is 0 Å². The molecule has 0 saturated heterocycles. The largest absolute Gasteiger partial charge is 0.330 e. The molecule has 3 nitrogen and oxygen atoms in total. The van der Waals surface area contributed by atoms with Gasteiger partial charge in [0.2, 0.25) is 0 Å². The van der Waals surface area contributed by atoms with E-state index in [4.69, 9.17) is 5.73 Å². The summed E-state index contributed by atoms with van der Waals surface area (Å²) < 4.78 is 0. The Morgan fingerprint density at radius 3 is 2.31 bits per heavy atom. The van der Waals surface area contributed by atoms with Crippen molar-refractivity contribution in [2.24, 2.45) is 5.73 Å². The number of thioether (sulfide) groups is 1. The molecule has 82 valence electrons. The smallest absolute Gasteiger partial charge is 0.190 e. The van der Waals surface area contributed by atoms with Gasteiger partial charge in [0.1, 0.15) is 0 Å². The zero-order valence-corrected chi connectivity index (χ0v) is 10.4. The van der Waals surface area contributed by atoms with E-state index in [1.165, 1.54) is 11.8 Å². The van der Waals surface area contributed by atoms with Crippen LogP contribution in [0.15, 0.2) is 0 Å². The second kappa shape index (κ2) is 12.5. The Bertz CT molecular complexity index is 125. The first-order valence-corrected chi connectivity index (χ1v) is 4.65. The lowest BCUT2D eigenvalue weighted by Crippen LogP contribution is -2.16. The fourth-order valence-electron chi connectivity index (χ4n) is 0.560. The van der Waals surface area contributed by atoms with Gasteiger partial charge in [-0.05, 0) is 14.1 Å². The van der Waals surface area contributed by atoms with Crippen molar-refractivity contribution in [1.82, 2.24) is 4.90 Å². The van der Waals surface area contributed by atoms with Crippen molar-refractivity contribution >= 4 is 41.7 Å². The van der Waals surface area contributed by atoms with E-state index in [0.29, 0.717) is 13.0 Å². The van der Waals surface area contributed by atoms with E-state index >= 15 is 0 Å². The summed E-state index contributed by atoms with van der Waals surface area (Å²) >= 11 is 1.33. The van der Waals surface area contributed by atoms with Gasteiger partial charge in [-0.1, -0.05) is 11.8 Å². The second-order valence-electron chi connectivity index (χ2n) is 2.56. The minimum Gasteiger partial charge on any atom is -0.330 e. The number of carbonyl (C=O) groups is 1. The summed E-state index contributed by atoms with van der Waals surface area (Å²) in [5.74, 6) is 0.742. The van der Waals surface area contributed by atoms with Gasteiger partial charge in [0.15, 0.2) is 5.12 Å². The van der Waals surface area contributed by atoms with Gasteiger partial charge in [-0.25, -0.2) is 0 Å². The predicted octanol–water partition coefficient (Wildman–Crippen LogP) is 1.00. The summed E-state index contributed by atoms with van der Waals surface area (Å²) in [5.41, 5.74) is 5.25. The minimum absolute atomic E-state index is 0. The molecule has 2 N–H and O–H groups in total. The number of nitrogens with zero attached hydrogens (tertiary/aromatic N) is 1. The average Bonchev–Trinajstić information content (AvgIpc) is 1.97. The van der Waals surface area contributed by atoms with Crippen LogP contribution in [0, 0.1) is 0 Å². The van der Waals surface area contributed by atoms with E-state index in [0.717, 1.165) is 12.3 Å². The summed E-state index contributed by atoms with van der Waals surface area (Å²) in [7, 11) is 3.92. The number of carbonyl (C=O) groups excluding carboxylic acids is 1. The summed E-state index contributed by atoms with van der Waals surface area (Å²) in [6, 6.07) is 0. The third-order valence-electron chi connectivity index (χ3n) is 1.14. The van der Waals surface area contributed by atoms with Crippen molar-refractivity contribution < 1.29 is 4.79 Å². The maximum Gasteiger partial charge on any atom is 0.190 e. The molecule has 0 bridgehead atoms. The highest BCUT2D eigenvalue weighted by molar-refractivity contribution is 8.13. The highest BCUT2D eigenvalue weighted by Crippen LogP contribution is 2.03. The van der Waals surface area contributed by atoms with Crippen LogP contribution in [0.1, 0.15) is 6.42 Å². The molecule has 0 aromatic carbocycles. The van der Waals surface area contributed by atoms with Gasteiger partial charge in [0.25, 0.3) is 0 Å². The number of nitrogens with two attached hydrogens (primary N) is 1. The highest BCUT2D eigenvalue weighted by Gasteiger charge is 2.01. The number of hydrogen-bond donors (Lipinski definition) is 1. The van der Waals surface area contributed by atoms with E-state index in [-0.39, 0.29) is 29.9 Å². The topological polar surface area (TPSA) is 46.3 Å². The Morgan fingerprint density at radius 1 is 1.38 bits per heavy atom. The van der Waals surface area contributed by atoms with E-state index in [1.54, 1.807) is 0 Å². The molecule has 0 aliphatic rings. The van der Waals surface area contributed by atoms with Crippen molar-refractivity contribution in [3.05, 3.63) is 0 Å². The van der Waals surface area contributed by atoms with E-state index in [1.807, 2.05) is 19.0 Å². The summed E-state index contributed by atoms with van der Waals surface area (Å²) in [4.78, 5) is 13.0. The maximum atomic E-state index is 11.0. The van der Waals surface area contributed by atoms with E-state index < -0.39 is 0 Å². The third kappa shape index (κ3) is 15.3. The molecule has 6 heteroatoms. The van der Waals surface area contributed by atoms with Gasteiger partial charge in [-0.15, -0.1) is 24.8 Å². The molecule has 0 aromatic rings. The fourth-order valence-corrected chi connectivity index (χ4v) is 1.14. The first-order valence-electron chi connectivity index (χ1n) is 3.67. The Labute approximate surface area is 96.6 Å². The quantitative estimate of drug-likeness (QED) is 0.789. The van der Waals surface area contributed by atoms with Gasteiger partial charge in [0.05, 0.1) is 0 Å². The zero-order chi connectivity index (χ0) is 8.69. The van der Waals surface area contributed by atoms with Crippen LogP contribution in [0.5, 0.6) is 0 Å². The second-order valence-corrected chi connectivity index (χ2v) is 3.71. The van der Waals surface area contributed by atoms with Crippen LogP contribution >= 0.6 is 36.6 Å². The van der Waals surface area contributed by atoms with Crippen molar-refractivity contribution in [2.45, 2.75) is 6.42 Å². The van der Waals surface area contributed by atoms with Crippen molar-refractivity contribution in [2.75, 3.05) is 32.9 Å². The molecule has 0 rings (SSSR count). The van der Waals surface area contributed by atoms with Gasteiger partial charge in [0, 0.05) is 25.3 Å². The first kappa shape index (κ1) is 19.1. The molecule has 0 aliphatic heterocycles. The Balaban J connectivity index is -0.000000500. The molecular weight excluding hydrogens is 231 g/mol. The molecule has 0 amide bonds. The standard InChI is InChI=1S/C7H16N2OS.2ClH/c1-9(2)5-3-7(10)11-6-4-8;;/h3-6,8H2,1-2H3;2*1H. The minimum atomic E-state index is 0. The van der Waals surface area contributed by atoms with Crippen LogP contribution in [0.4, 0.5) is 0 Å². The Morgan fingerprint density at radius 2 is 1.92 bits per heavy atom.